The van der Waals surface area contributed by atoms with Crippen LogP contribution in [0.15, 0.2) is 6.07 Å². The van der Waals surface area contributed by atoms with Crippen LogP contribution in [-0.2, 0) is 12.0 Å². The summed E-state index contributed by atoms with van der Waals surface area (Å²) >= 11 is 4.12. The molecule has 1 N–H and O–H groups in total. The minimum atomic E-state index is -1.29. The van der Waals surface area contributed by atoms with E-state index in [0.717, 1.165) is 37.5 Å². The third-order valence-electron chi connectivity index (χ3n) is 6.65. The van der Waals surface area contributed by atoms with Crippen molar-refractivity contribution in [1.29, 1.82) is 0 Å². The highest BCUT2D eigenvalue weighted by Crippen LogP contribution is 2.59. The maximum Gasteiger partial charge on any atom is 0.168 e. The molecule has 2 rings (SSSR count). The number of rotatable bonds is 11. The molecule has 2 nitrogen and oxygen atoms in total. The lowest BCUT2D eigenvalue weighted by Gasteiger charge is -2.44. The van der Waals surface area contributed by atoms with E-state index in [2.05, 4.69) is 33.4 Å². The lowest BCUT2D eigenvalue weighted by Crippen LogP contribution is -2.45. The molecule has 1 aliphatic carbocycles. The van der Waals surface area contributed by atoms with Crippen molar-refractivity contribution in [3.8, 4) is 5.75 Å². The van der Waals surface area contributed by atoms with Gasteiger partial charge in [-0.05, 0) is 42.9 Å². The van der Waals surface area contributed by atoms with Crippen LogP contribution in [0.1, 0.15) is 104 Å². The molecular weight excluding hydrogens is 414 g/mol. The van der Waals surface area contributed by atoms with Crippen LogP contribution in [0, 0.1) is 23.0 Å². The smallest absolute Gasteiger partial charge is 0.168 e. The lowest BCUT2D eigenvalue weighted by molar-refractivity contribution is -0.114. The number of hydrogen-bond acceptors (Lipinski definition) is 3. The zero-order valence-corrected chi connectivity index (χ0v) is 21.4. The van der Waals surface area contributed by atoms with Crippen LogP contribution in [0.5, 0.6) is 5.75 Å². The summed E-state index contributed by atoms with van der Waals surface area (Å²) in [6, 6.07) is 0.869. The topological polar surface area (TPSA) is 29.5 Å². The predicted octanol–water partition coefficient (Wildman–Crippen LogP) is 7.85. The molecule has 180 valence electrons. The van der Waals surface area contributed by atoms with Gasteiger partial charge in [0.15, 0.2) is 11.6 Å². The second-order valence-electron chi connectivity index (χ2n) is 9.47. The molecule has 0 bridgehead atoms. The van der Waals surface area contributed by atoms with Crippen molar-refractivity contribution in [2.24, 2.45) is 11.3 Å². The molecule has 0 aromatic heterocycles. The Morgan fingerprint density at radius 3 is 2.06 bits per heavy atom. The third-order valence-corrected chi connectivity index (χ3v) is 6.97. The number of unbranched alkanes of at least 4 members (excludes halogenated alkanes) is 4. The molecule has 0 saturated carbocycles. The largest absolute Gasteiger partial charge is 0.493 e. The molecule has 0 heterocycles. The fraction of sp³-hybridized carbons (Fsp3) is 0.769. The molecule has 1 aliphatic rings. The van der Waals surface area contributed by atoms with Gasteiger partial charge in [0.05, 0.1) is 7.11 Å². The first-order chi connectivity index (χ1) is 14.7. The Morgan fingerprint density at radius 1 is 1.00 bits per heavy atom. The van der Waals surface area contributed by atoms with Gasteiger partial charge in [0, 0.05) is 17.0 Å². The lowest BCUT2D eigenvalue weighted by atomic mass is 9.65. The Morgan fingerprint density at radius 2 is 1.58 bits per heavy atom. The quantitative estimate of drug-likeness (QED) is 0.261. The van der Waals surface area contributed by atoms with Crippen molar-refractivity contribution in [3.05, 3.63) is 28.8 Å². The fourth-order valence-electron chi connectivity index (χ4n) is 5.06. The second-order valence-corrected chi connectivity index (χ2v) is 9.91. The van der Waals surface area contributed by atoms with E-state index in [1.54, 1.807) is 0 Å². The molecule has 1 unspecified atom stereocenters. The zero-order valence-electron chi connectivity index (χ0n) is 20.5. The molecule has 1 aromatic carbocycles. The molecule has 0 radical (unpaired) electrons. The van der Waals surface area contributed by atoms with E-state index in [9.17, 15) is 13.9 Å². The molecule has 0 saturated heterocycles. The highest BCUT2D eigenvalue weighted by Gasteiger charge is 2.57. The molecule has 1 aromatic rings. The monoisotopic (exact) mass is 458 g/mol. The van der Waals surface area contributed by atoms with Crippen molar-refractivity contribution in [1.82, 2.24) is 0 Å². The Balaban J connectivity index is 0.000000512. The van der Waals surface area contributed by atoms with Gasteiger partial charge in [-0.1, -0.05) is 73.1 Å². The molecule has 5 heteroatoms. The van der Waals surface area contributed by atoms with E-state index < -0.39 is 22.7 Å². The SMILES string of the molecule is CCCC(CCC)C1(O)c2c(c(F)cc(F)c2OC)CC1(C)C.CCCCCCCS. The van der Waals surface area contributed by atoms with Gasteiger partial charge in [-0.3, -0.25) is 0 Å². The van der Waals surface area contributed by atoms with Gasteiger partial charge in [0.1, 0.15) is 11.4 Å². The number of methoxy groups -OCH3 is 1. The zero-order chi connectivity index (χ0) is 23.7. The Labute approximate surface area is 194 Å². The first-order valence-corrected chi connectivity index (χ1v) is 12.7. The van der Waals surface area contributed by atoms with Gasteiger partial charge in [0.25, 0.3) is 0 Å². The number of hydrogen-bond donors (Lipinski definition) is 2. The number of halogens is 2. The molecule has 0 spiro atoms. The van der Waals surface area contributed by atoms with Gasteiger partial charge >= 0.3 is 0 Å². The third kappa shape index (κ3) is 6.37. The van der Waals surface area contributed by atoms with Crippen LogP contribution >= 0.6 is 12.6 Å². The van der Waals surface area contributed by atoms with Crippen LogP contribution in [0.2, 0.25) is 0 Å². The standard InChI is InChI=1S/C19H28F2O2.C7H16S/c1-6-8-12(9-7-2)19(22)16-13(11-18(19,3)4)14(20)10-15(21)17(16)23-5;1-2-3-4-5-6-7-8/h10,12,22H,6-9,11H2,1-5H3;8H,2-7H2,1H3. The highest BCUT2D eigenvalue weighted by molar-refractivity contribution is 7.80. The van der Waals surface area contributed by atoms with Gasteiger partial charge < -0.3 is 9.84 Å². The summed E-state index contributed by atoms with van der Waals surface area (Å²) in [7, 11) is 1.37. The summed E-state index contributed by atoms with van der Waals surface area (Å²) in [6.45, 7) is 10.2. The van der Waals surface area contributed by atoms with E-state index in [1.807, 2.05) is 13.8 Å². The van der Waals surface area contributed by atoms with Gasteiger partial charge in [-0.2, -0.15) is 12.6 Å². The summed E-state index contributed by atoms with van der Waals surface area (Å²) < 4.78 is 33.9. The van der Waals surface area contributed by atoms with Crippen LogP contribution in [0.3, 0.4) is 0 Å². The first-order valence-electron chi connectivity index (χ1n) is 12.0. The van der Waals surface area contributed by atoms with E-state index in [-0.39, 0.29) is 11.7 Å². The van der Waals surface area contributed by atoms with Gasteiger partial charge in [-0.15, -0.1) is 0 Å². The summed E-state index contributed by atoms with van der Waals surface area (Å²) in [5, 5.41) is 11.7. The first kappa shape index (κ1) is 28.2. The normalized spacial score (nSPS) is 19.2. The van der Waals surface area contributed by atoms with Crippen LogP contribution in [-0.4, -0.2) is 18.0 Å². The molecule has 0 aliphatic heterocycles. The average molecular weight is 459 g/mol. The molecule has 1 atom stereocenters. The van der Waals surface area contributed by atoms with Crippen LogP contribution < -0.4 is 4.74 Å². The fourth-order valence-corrected chi connectivity index (χ4v) is 5.29. The minimum absolute atomic E-state index is 0.00770. The van der Waals surface area contributed by atoms with Gasteiger partial charge in [0.2, 0.25) is 0 Å². The number of aliphatic hydroxyl groups is 1. The number of fused-ring (bicyclic) bond motifs is 1. The summed E-state index contributed by atoms with van der Waals surface area (Å²) in [5.74, 6) is -0.333. The minimum Gasteiger partial charge on any atom is -0.493 e. The molecule has 0 fully saturated rings. The van der Waals surface area contributed by atoms with Crippen molar-refractivity contribution >= 4 is 12.6 Å². The Hall–Kier alpha value is -0.810. The van der Waals surface area contributed by atoms with E-state index in [1.165, 1.54) is 39.2 Å². The molecule has 31 heavy (non-hydrogen) atoms. The number of thiol groups is 1. The number of benzene rings is 1. The summed E-state index contributed by atoms with van der Waals surface area (Å²) in [5.41, 5.74) is -1.14. The van der Waals surface area contributed by atoms with Gasteiger partial charge in [-0.25, -0.2) is 8.78 Å². The van der Waals surface area contributed by atoms with Crippen LogP contribution in [0.4, 0.5) is 8.78 Å². The van der Waals surface area contributed by atoms with E-state index >= 15 is 0 Å². The highest BCUT2D eigenvalue weighted by atomic mass is 32.1. The summed E-state index contributed by atoms with van der Waals surface area (Å²) in [4.78, 5) is 0. The predicted molar refractivity (Wildman–Crippen MR) is 130 cm³/mol. The average Bonchev–Trinajstić information content (AvgIpc) is 2.94. The van der Waals surface area contributed by atoms with Crippen LogP contribution in [0.25, 0.3) is 0 Å². The molecule has 0 amide bonds. The van der Waals surface area contributed by atoms with Crippen molar-refractivity contribution < 1.29 is 18.6 Å². The maximum absolute atomic E-state index is 14.4. The van der Waals surface area contributed by atoms with Crippen molar-refractivity contribution in [2.45, 2.75) is 104 Å². The van der Waals surface area contributed by atoms with E-state index in [4.69, 9.17) is 4.74 Å². The maximum atomic E-state index is 14.4. The van der Waals surface area contributed by atoms with E-state index in [0.29, 0.717) is 17.5 Å². The van der Waals surface area contributed by atoms with Crippen molar-refractivity contribution in [2.75, 3.05) is 12.9 Å². The number of ether oxygens (including phenoxy) is 1. The molecular formula is C26H44F2O2S. The summed E-state index contributed by atoms with van der Waals surface area (Å²) in [6.07, 6.45) is 10.6. The Kier molecular flexibility index (Phi) is 11.9. The Bertz CT molecular complexity index is 666. The second kappa shape index (κ2) is 13.0. The van der Waals surface area contributed by atoms with Crippen molar-refractivity contribution in [3.63, 3.8) is 0 Å².